The van der Waals surface area contributed by atoms with Crippen LogP contribution in [0.4, 0.5) is 0 Å². The van der Waals surface area contributed by atoms with E-state index in [1.807, 2.05) is 19.9 Å². The summed E-state index contributed by atoms with van der Waals surface area (Å²) in [6.45, 7) is 12.5. The van der Waals surface area contributed by atoms with Gasteiger partial charge in [-0.2, -0.15) is 5.26 Å². The Hall–Kier alpha value is -8.85. The molecule has 3 aromatic heterocycles. The number of rotatable bonds is 7. The molecule has 12 aromatic rings. The molecule has 0 fully saturated rings. The number of hydrogen-bond donors (Lipinski definition) is 0. The van der Waals surface area contributed by atoms with Crippen LogP contribution in [0, 0.1) is 52.9 Å². The standard InChI is InChI=1S/C65H49N5/c1-39-11-7-15-45(27-39)49-19-23-54-55-24-20-50(46-16-8-12-40(2)28-46)33-60(55)69(59(54)32-49)63-36-53(38-66)58(65-67-43(5)31-44(6)68-65)37-64(63)70-61-34-51(47-17-9-13-41(3)29-47)21-25-56(61)57-26-22-52(35-62(57)70)48-18-10-14-42(4)30-48/h7-37H,1-6H3. The van der Waals surface area contributed by atoms with Gasteiger partial charge in [0.25, 0.3) is 0 Å². The van der Waals surface area contributed by atoms with Gasteiger partial charge >= 0.3 is 0 Å². The normalized spacial score (nSPS) is 11.6. The van der Waals surface area contributed by atoms with E-state index in [1.54, 1.807) is 0 Å². The molecule has 5 nitrogen and oxygen atoms in total. The third-order valence-electron chi connectivity index (χ3n) is 13.9. The van der Waals surface area contributed by atoms with E-state index in [0.29, 0.717) is 17.0 Å². The van der Waals surface area contributed by atoms with Crippen molar-refractivity contribution < 1.29 is 0 Å². The first-order chi connectivity index (χ1) is 34.1. The third-order valence-corrected chi connectivity index (χ3v) is 13.9. The summed E-state index contributed by atoms with van der Waals surface area (Å²) >= 11 is 0. The van der Waals surface area contributed by atoms with Gasteiger partial charge < -0.3 is 9.13 Å². The van der Waals surface area contributed by atoms with Gasteiger partial charge in [-0.05, 0) is 129 Å². The Morgan fingerprint density at radius 2 is 0.657 bits per heavy atom. The van der Waals surface area contributed by atoms with Crippen LogP contribution in [0.5, 0.6) is 0 Å². The number of aryl methyl sites for hydroxylation is 6. The van der Waals surface area contributed by atoms with Gasteiger partial charge in [0.2, 0.25) is 0 Å². The van der Waals surface area contributed by atoms with Crippen LogP contribution in [-0.2, 0) is 0 Å². The molecule has 0 N–H and O–H groups in total. The molecule has 0 spiro atoms. The quantitative estimate of drug-likeness (QED) is 0.160. The van der Waals surface area contributed by atoms with Crippen molar-refractivity contribution in [2.75, 3.05) is 0 Å². The molecule has 0 radical (unpaired) electrons. The lowest BCUT2D eigenvalue weighted by Gasteiger charge is -2.20. The van der Waals surface area contributed by atoms with Crippen LogP contribution in [0.15, 0.2) is 188 Å². The minimum Gasteiger partial charge on any atom is -0.307 e. The Morgan fingerprint density at radius 3 is 0.971 bits per heavy atom. The number of aromatic nitrogens is 4. The number of fused-ring (bicyclic) bond motifs is 6. The zero-order chi connectivity index (χ0) is 47.8. The molecule has 0 atom stereocenters. The van der Waals surface area contributed by atoms with Crippen LogP contribution < -0.4 is 0 Å². The molecule has 0 aliphatic heterocycles. The molecule has 9 aromatic carbocycles. The van der Waals surface area contributed by atoms with E-state index < -0.39 is 0 Å². The summed E-state index contributed by atoms with van der Waals surface area (Å²) in [6, 6.07) is 71.1. The second-order valence-electron chi connectivity index (χ2n) is 19.0. The van der Waals surface area contributed by atoms with Gasteiger partial charge in [-0.3, -0.25) is 0 Å². The van der Waals surface area contributed by atoms with E-state index in [0.717, 1.165) is 111 Å². The Bertz CT molecular complexity index is 3930. The molecular formula is C65H49N5. The van der Waals surface area contributed by atoms with Gasteiger partial charge in [-0.15, -0.1) is 0 Å². The Balaban J connectivity index is 1.26. The summed E-state index contributed by atoms with van der Waals surface area (Å²) in [5.74, 6) is 0.522. The van der Waals surface area contributed by atoms with Crippen LogP contribution in [0.3, 0.4) is 0 Å². The van der Waals surface area contributed by atoms with Crippen molar-refractivity contribution in [2.24, 2.45) is 0 Å². The fourth-order valence-corrected chi connectivity index (χ4v) is 10.6. The van der Waals surface area contributed by atoms with Gasteiger partial charge in [-0.25, -0.2) is 9.97 Å². The van der Waals surface area contributed by atoms with E-state index >= 15 is 0 Å². The number of benzene rings is 9. The van der Waals surface area contributed by atoms with Crippen molar-refractivity contribution in [3.05, 3.63) is 227 Å². The molecule has 0 saturated carbocycles. The predicted molar refractivity (Wildman–Crippen MR) is 291 cm³/mol. The maximum atomic E-state index is 11.3. The molecule has 0 amide bonds. The van der Waals surface area contributed by atoms with Gasteiger partial charge in [0.05, 0.1) is 45.1 Å². The number of nitrogens with zero attached hydrogens (tertiary/aromatic N) is 5. The summed E-state index contributed by atoms with van der Waals surface area (Å²) in [6.07, 6.45) is 0. The fourth-order valence-electron chi connectivity index (χ4n) is 10.6. The van der Waals surface area contributed by atoms with Crippen LogP contribution in [0.25, 0.3) is 111 Å². The molecule has 0 saturated heterocycles. The lowest BCUT2D eigenvalue weighted by Crippen LogP contribution is -2.07. The molecule has 334 valence electrons. The predicted octanol–water partition coefficient (Wildman–Crippen LogP) is 16.7. The lowest BCUT2D eigenvalue weighted by molar-refractivity contribution is 1.05. The minimum atomic E-state index is 0.491. The molecular weight excluding hydrogens is 851 g/mol. The van der Waals surface area contributed by atoms with Gasteiger partial charge in [0, 0.05) is 38.5 Å². The molecule has 5 heteroatoms. The second-order valence-corrected chi connectivity index (χ2v) is 19.0. The highest BCUT2D eigenvalue weighted by molar-refractivity contribution is 6.14. The number of nitriles is 1. The number of hydrogen-bond acceptors (Lipinski definition) is 3. The summed E-state index contributed by atoms with van der Waals surface area (Å²) in [5.41, 5.74) is 22.7. The Labute approximate surface area is 408 Å². The fraction of sp³-hybridized carbons (Fsp3) is 0.0923. The molecule has 0 bridgehead atoms. The topological polar surface area (TPSA) is 59.4 Å². The SMILES string of the molecule is Cc1cccc(-c2ccc3c4ccc(-c5cccc(C)c5)cc4n(-c4cc(C#N)c(-c5nc(C)cc(C)n5)cc4-n4c5cc(-c6cccc(C)c6)ccc5c5ccc(-c6cccc(C)c6)cc54)c3c2)c1. The average molecular weight is 900 g/mol. The van der Waals surface area contributed by atoms with Crippen molar-refractivity contribution in [3.63, 3.8) is 0 Å². The highest BCUT2D eigenvalue weighted by Gasteiger charge is 2.25. The summed E-state index contributed by atoms with van der Waals surface area (Å²) < 4.78 is 4.83. The smallest absolute Gasteiger partial charge is 0.161 e. The summed E-state index contributed by atoms with van der Waals surface area (Å²) in [4.78, 5) is 10.0. The first-order valence-corrected chi connectivity index (χ1v) is 23.9. The average Bonchev–Trinajstić information content (AvgIpc) is 3.86. The van der Waals surface area contributed by atoms with Crippen LogP contribution in [-0.4, -0.2) is 19.1 Å². The van der Waals surface area contributed by atoms with Gasteiger partial charge in [0.1, 0.15) is 0 Å². The van der Waals surface area contributed by atoms with Crippen molar-refractivity contribution >= 4 is 43.6 Å². The van der Waals surface area contributed by atoms with E-state index in [1.165, 1.54) is 22.3 Å². The highest BCUT2D eigenvalue weighted by atomic mass is 15.1. The highest BCUT2D eigenvalue weighted by Crippen LogP contribution is 2.44. The maximum absolute atomic E-state index is 11.3. The van der Waals surface area contributed by atoms with E-state index in [4.69, 9.17) is 9.97 Å². The molecule has 12 rings (SSSR count). The summed E-state index contributed by atoms with van der Waals surface area (Å²) in [5, 5.41) is 15.8. The molecule has 0 aliphatic carbocycles. The zero-order valence-corrected chi connectivity index (χ0v) is 40.1. The Kier molecular flexibility index (Phi) is 10.2. The molecule has 70 heavy (non-hydrogen) atoms. The second kappa shape index (κ2) is 16.7. The third kappa shape index (κ3) is 7.33. The van der Waals surface area contributed by atoms with E-state index in [2.05, 4.69) is 225 Å². The molecule has 3 heterocycles. The van der Waals surface area contributed by atoms with Crippen molar-refractivity contribution in [3.8, 4) is 73.3 Å². The van der Waals surface area contributed by atoms with Crippen LogP contribution in [0.2, 0.25) is 0 Å². The van der Waals surface area contributed by atoms with Crippen LogP contribution >= 0.6 is 0 Å². The van der Waals surface area contributed by atoms with E-state index in [9.17, 15) is 5.26 Å². The summed E-state index contributed by atoms with van der Waals surface area (Å²) in [7, 11) is 0. The monoisotopic (exact) mass is 899 g/mol. The molecule has 0 unspecified atom stereocenters. The zero-order valence-electron chi connectivity index (χ0n) is 40.1. The van der Waals surface area contributed by atoms with Crippen molar-refractivity contribution in [2.45, 2.75) is 41.5 Å². The first-order valence-electron chi connectivity index (χ1n) is 23.9. The van der Waals surface area contributed by atoms with Crippen molar-refractivity contribution in [1.82, 2.24) is 19.1 Å². The van der Waals surface area contributed by atoms with Gasteiger partial charge in [0.15, 0.2) is 5.82 Å². The lowest BCUT2D eigenvalue weighted by atomic mass is 10.0. The van der Waals surface area contributed by atoms with Crippen molar-refractivity contribution in [1.29, 1.82) is 5.26 Å². The molecule has 0 aliphatic rings. The largest absolute Gasteiger partial charge is 0.307 e. The maximum Gasteiger partial charge on any atom is 0.161 e. The van der Waals surface area contributed by atoms with E-state index in [-0.39, 0.29) is 0 Å². The Morgan fingerprint density at radius 1 is 0.343 bits per heavy atom. The van der Waals surface area contributed by atoms with Crippen LogP contribution in [0.1, 0.15) is 39.2 Å². The first kappa shape index (κ1) is 42.5. The van der Waals surface area contributed by atoms with Gasteiger partial charge in [-0.1, -0.05) is 168 Å². The minimum absolute atomic E-state index is 0.491.